The fourth-order valence-electron chi connectivity index (χ4n) is 4.03. The summed E-state index contributed by atoms with van der Waals surface area (Å²) < 4.78 is 30.5. The van der Waals surface area contributed by atoms with Gasteiger partial charge in [0.1, 0.15) is 17.1 Å². The highest BCUT2D eigenvalue weighted by atomic mass is 19.1. The zero-order valence-corrected chi connectivity index (χ0v) is 17.6. The van der Waals surface area contributed by atoms with Crippen LogP contribution in [0.15, 0.2) is 59.1 Å². The summed E-state index contributed by atoms with van der Waals surface area (Å²) in [5.74, 6) is 1.79. The van der Waals surface area contributed by atoms with Crippen molar-refractivity contribution in [2.45, 2.75) is 31.7 Å². The molecule has 1 saturated heterocycles. The van der Waals surface area contributed by atoms with Gasteiger partial charge in [-0.05, 0) is 49.6 Å². The second-order valence-electron chi connectivity index (χ2n) is 7.80. The summed E-state index contributed by atoms with van der Waals surface area (Å²) in [5, 5.41) is 0. The number of halogens is 1. The largest absolute Gasteiger partial charge is 0.493 e. The molecule has 4 rings (SSSR count). The fraction of sp³-hybridized carbons (Fsp3) is 0.333. The third-order valence-electron chi connectivity index (χ3n) is 5.64. The maximum Gasteiger partial charge on any atom is 0.261 e. The summed E-state index contributed by atoms with van der Waals surface area (Å²) in [6, 6.07) is 13.6. The molecule has 0 N–H and O–H groups in total. The highest BCUT2D eigenvalue weighted by molar-refractivity contribution is 5.79. The number of oxazole rings is 1. The topological polar surface area (TPSA) is 64.8 Å². The molecule has 162 valence electrons. The summed E-state index contributed by atoms with van der Waals surface area (Å²) in [6.07, 6.45) is 3.68. The molecule has 31 heavy (non-hydrogen) atoms. The van der Waals surface area contributed by atoms with Crippen molar-refractivity contribution in [3.63, 3.8) is 0 Å². The predicted molar refractivity (Wildman–Crippen MR) is 112 cm³/mol. The Morgan fingerprint density at radius 1 is 1.23 bits per heavy atom. The number of methoxy groups -OCH3 is 1. The van der Waals surface area contributed by atoms with E-state index in [1.54, 1.807) is 36.4 Å². The van der Waals surface area contributed by atoms with E-state index in [2.05, 4.69) is 4.98 Å². The van der Waals surface area contributed by atoms with Crippen LogP contribution in [0.2, 0.25) is 0 Å². The molecule has 0 aliphatic carbocycles. The average molecular weight is 424 g/mol. The number of aromatic nitrogens is 1. The summed E-state index contributed by atoms with van der Waals surface area (Å²) >= 11 is 0. The van der Waals surface area contributed by atoms with E-state index in [1.807, 2.05) is 25.1 Å². The van der Waals surface area contributed by atoms with Gasteiger partial charge in [-0.3, -0.25) is 4.79 Å². The Labute approximate surface area is 180 Å². The number of ether oxygens (including phenoxy) is 2. The molecule has 2 heterocycles. The lowest BCUT2D eigenvalue weighted by Gasteiger charge is -2.32. The van der Waals surface area contributed by atoms with Gasteiger partial charge in [-0.1, -0.05) is 24.3 Å². The average Bonchev–Trinajstić information content (AvgIpc) is 3.40. The number of hydrogen-bond acceptors (Lipinski definition) is 5. The van der Waals surface area contributed by atoms with Gasteiger partial charge < -0.3 is 18.8 Å². The van der Waals surface area contributed by atoms with E-state index < -0.39 is 5.54 Å². The first-order valence-corrected chi connectivity index (χ1v) is 10.3. The van der Waals surface area contributed by atoms with E-state index >= 15 is 0 Å². The Kier molecular flexibility index (Phi) is 5.93. The molecule has 1 amide bonds. The van der Waals surface area contributed by atoms with Crippen molar-refractivity contribution in [1.29, 1.82) is 0 Å². The Morgan fingerprint density at radius 2 is 2.03 bits per heavy atom. The second-order valence-corrected chi connectivity index (χ2v) is 7.80. The SMILES string of the molecule is COc1ccccc1OCC(=O)N1CCC[C@@]1(C)c1ncc(Cc2cccc(F)c2)o1. The molecule has 1 atom stereocenters. The van der Waals surface area contributed by atoms with Crippen LogP contribution in [-0.4, -0.2) is 36.1 Å². The Bertz CT molecular complexity index is 1070. The molecule has 1 aromatic heterocycles. The number of para-hydroxylation sites is 2. The van der Waals surface area contributed by atoms with Crippen LogP contribution < -0.4 is 9.47 Å². The molecule has 0 spiro atoms. The van der Waals surface area contributed by atoms with E-state index in [1.165, 1.54) is 12.1 Å². The minimum Gasteiger partial charge on any atom is -0.493 e. The zero-order valence-electron chi connectivity index (χ0n) is 17.6. The van der Waals surface area contributed by atoms with Crippen molar-refractivity contribution in [3.8, 4) is 11.5 Å². The number of amides is 1. The number of nitrogens with zero attached hydrogens (tertiary/aromatic N) is 2. The minimum absolute atomic E-state index is 0.104. The van der Waals surface area contributed by atoms with E-state index in [4.69, 9.17) is 13.9 Å². The molecule has 7 heteroatoms. The molecule has 0 unspecified atom stereocenters. The number of carbonyl (C=O) groups excluding carboxylic acids is 1. The van der Waals surface area contributed by atoms with Crippen LogP contribution in [0.25, 0.3) is 0 Å². The third-order valence-corrected chi connectivity index (χ3v) is 5.64. The maximum atomic E-state index is 13.5. The van der Waals surface area contributed by atoms with Gasteiger partial charge >= 0.3 is 0 Å². The summed E-state index contributed by atoms with van der Waals surface area (Å²) in [4.78, 5) is 19.2. The van der Waals surface area contributed by atoms with Gasteiger partial charge in [-0.15, -0.1) is 0 Å². The number of rotatable bonds is 7. The minimum atomic E-state index is -0.651. The van der Waals surface area contributed by atoms with Gasteiger partial charge in [0, 0.05) is 13.0 Å². The summed E-state index contributed by atoms with van der Waals surface area (Å²) in [5.41, 5.74) is 0.152. The molecule has 3 aromatic rings. The predicted octanol–water partition coefficient (Wildman–Crippen LogP) is 4.33. The van der Waals surface area contributed by atoms with Gasteiger partial charge in [0.05, 0.1) is 13.3 Å². The van der Waals surface area contributed by atoms with Gasteiger partial charge in [0.25, 0.3) is 5.91 Å². The van der Waals surface area contributed by atoms with E-state index in [-0.39, 0.29) is 18.3 Å². The molecule has 1 fully saturated rings. The van der Waals surface area contributed by atoms with E-state index in [0.717, 1.165) is 18.4 Å². The molecule has 1 aliphatic rings. The monoisotopic (exact) mass is 424 g/mol. The Morgan fingerprint density at radius 3 is 2.81 bits per heavy atom. The van der Waals surface area contributed by atoms with Crippen LogP contribution in [0.5, 0.6) is 11.5 Å². The summed E-state index contributed by atoms with van der Waals surface area (Å²) in [6.45, 7) is 2.46. The first-order chi connectivity index (χ1) is 15.0. The van der Waals surface area contributed by atoms with Crippen LogP contribution in [0, 0.1) is 5.82 Å². The van der Waals surface area contributed by atoms with Crippen LogP contribution in [0.3, 0.4) is 0 Å². The van der Waals surface area contributed by atoms with Gasteiger partial charge in [-0.25, -0.2) is 9.37 Å². The van der Waals surface area contributed by atoms with Gasteiger partial charge in [0.15, 0.2) is 18.1 Å². The molecular weight excluding hydrogens is 399 g/mol. The number of carbonyl (C=O) groups is 1. The molecule has 0 radical (unpaired) electrons. The first kappa shape index (κ1) is 20.9. The smallest absolute Gasteiger partial charge is 0.261 e. The molecule has 6 nitrogen and oxygen atoms in total. The van der Waals surface area contributed by atoms with Crippen molar-refractivity contribution < 1.29 is 23.1 Å². The van der Waals surface area contributed by atoms with E-state index in [0.29, 0.717) is 36.1 Å². The Hall–Kier alpha value is -3.35. The lowest BCUT2D eigenvalue weighted by Crippen LogP contribution is -2.45. The molecular formula is C24H25FN2O4. The summed E-state index contributed by atoms with van der Waals surface area (Å²) in [7, 11) is 1.56. The van der Waals surface area contributed by atoms with Crippen LogP contribution in [0.4, 0.5) is 4.39 Å². The molecule has 0 saturated carbocycles. The van der Waals surface area contributed by atoms with Gasteiger partial charge in [-0.2, -0.15) is 0 Å². The molecule has 2 aromatic carbocycles. The first-order valence-electron chi connectivity index (χ1n) is 10.3. The Balaban J connectivity index is 1.46. The van der Waals surface area contributed by atoms with Crippen LogP contribution >= 0.6 is 0 Å². The maximum absolute atomic E-state index is 13.5. The zero-order chi connectivity index (χ0) is 21.8. The van der Waals surface area contributed by atoms with Crippen LogP contribution in [-0.2, 0) is 16.8 Å². The van der Waals surface area contributed by atoms with Gasteiger partial charge in [0.2, 0.25) is 5.89 Å². The fourth-order valence-corrected chi connectivity index (χ4v) is 4.03. The van der Waals surface area contributed by atoms with Crippen molar-refractivity contribution >= 4 is 5.91 Å². The molecule has 0 bridgehead atoms. The quantitative estimate of drug-likeness (QED) is 0.565. The highest BCUT2D eigenvalue weighted by Crippen LogP contribution is 2.38. The highest BCUT2D eigenvalue weighted by Gasteiger charge is 2.44. The van der Waals surface area contributed by atoms with Crippen molar-refractivity contribution in [2.75, 3.05) is 20.3 Å². The van der Waals surface area contributed by atoms with Crippen molar-refractivity contribution in [2.24, 2.45) is 0 Å². The lowest BCUT2D eigenvalue weighted by molar-refractivity contribution is -0.138. The normalized spacial score (nSPS) is 18.2. The number of likely N-dealkylation sites (tertiary alicyclic amines) is 1. The second kappa shape index (κ2) is 8.79. The lowest BCUT2D eigenvalue weighted by atomic mass is 9.99. The number of benzene rings is 2. The van der Waals surface area contributed by atoms with Crippen molar-refractivity contribution in [3.05, 3.63) is 77.8 Å². The standard InChI is InChI=1S/C24H25FN2O4/c1-24(23-26-15-19(31-23)14-17-7-5-8-18(25)13-17)11-6-12-27(24)22(28)16-30-21-10-4-3-9-20(21)29-2/h3-5,7-10,13,15H,6,11-12,14,16H2,1-2H3/t24-/m0/s1. The van der Waals surface area contributed by atoms with Crippen LogP contribution in [0.1, 0.15) is 37.0 Å². The van der Waals surface area contributed by atoms with Crippen molar-refractivity contribution in [1.82, 2.24) is 9.88 Å². The van der Waals surface area contributed by atoms with E-state index in [9.17, 15) is 9.18 Å². The third kappa shape index (κ3) is 4.40. The molecule has 1 aliphatic heterocycles. The number of hydrogen-bond donors (Lipinski definition) is 0.